The van der Waals surface area contributed by atoms with E-state index in [-0.39, 0.29) is 0 Å². The highest BCUT2D eigenvalue weighted by atomic mass is 79.9. The summed E-state index contributed by atoms with van der Waals surface area (Å²) in [5, 5.41) is 0. The molecule has 4 aliphatic rings. The molecule has 0 amide bonds. The summed E-state index contributed by atoms with van der Waals surface area (Å²) in [6.07, 6.45) is 0.952. The number of fused-ring (bicyclic) bond motifs is 6. The molecule has 0 radical (unpaired) electrons. The van der Waals surface area contributed by atoms with Gasteiger partial charge in [-0.05, 0) is 153 Å². The van der Waals surface area contributed by atoms with Crippen molar-refractivity contribution < 1.29 is 0 Å². The molecule has 0 saturated carbocycles. The van der Waals surface area contributed by atoms with Crippen molar-refractivity contribution in [3.8, 4) is 0 Å². The van der Waals surface area contributed by atoms with E-state index in [0.717, 1.165) is 6.42 Å². The topological polar surface area (TPSA) is 6.48 Å². The summed E-state index contributed by atoms with van der Waals surface area (Å²) in [5.41, 5.74) is 22.5. The van der Waals surface area contributed by atoms with Crippen LogP contribution in [0.5, 0.6) is 0 Å². The van der Waals surface area contributed by atoms with Gasteiger partial charge in [0.25, 0.3) is 0 Å². The zero-order chi connectivity index (χ0) is 25.1. The van der Waals surface area contributed by atoms with Gasteiger partial charge in [-0.2, -0.15) is 0 Å². The molecule has 2 nitrogen and oxygen atoms in total. The molecule has 0 bridgehead atoms. The minimum absolute atomic E-state index is 0.319. The van der Waals surface area contributed by atoms with Gasteiger partial charge >= 0.3 is 0 Å². The summed E-state index contributed by atoms with van der Waals surface area (Å²) in [7, 11) is 0. The second kappa shape index (κ2) is 7.73. The number of anilines is 2. The zero-order valence-electron chi connectivity index (χ0n) is 21.8. The van der Waals surface area contributed by atoms with E-state index in [9.17, 15) is 0 Å². The van der Waals surface area contributed by atoms with E-state index in [1.54, 1.807) is 0 Å². The molecule has 2 aromatic rings. The van der Waals surface area contributed by atoms with Gasteiger partial charge in [0.1, 0.15) is 0 Å². The number of hydrogen-bond acceptors (Lipinski definition) is 2. The first-order chi connectivity index (χ1) is 16.5. The first-order valence-electron chi connectivity index (χ1n) is 12.5. The molecule has 0 saturated heterocycles. The lowest BCUT2D eigenvalue weighted by molar-refractivity contribution is 1.01. The number of aryl methyl sites for hydroxylation is 2. The predicted octanol–water partition coefficient (Wildman–Crippen LogP) is 9.14. The highest BCUT2D eigenvalue weighted by Gasteiger charge is 2.41. The van der Waals surface area contributed by atoms with Gasteiger partial charge in [0.15, 0.2) is 0 Å². The van der Waals surface area contributed by atoms with E-state index in [0.29, 0.717) is 12.1 Å². The van der Waals surface area contributed by atoms with E-state index < -0.39 is 0 Å². The molecule has 2 aromatic carbocycles. The average molecular weight is 592 g/mol. The van der Waals surface area contributed by atoms with Crippen molar-refractivity contribution in [1.82, 2.24) is 0 Å². The molecule has 2 aliphatic heterocycles. The van der Waals surface area contributed by atoms with E-state index in [2.05, 4.69) is 120 Å². The van der Waals surface area contributed by atoms with Crippen LogP contribution in [-0.2, 0) is 6.42 Å². The van der Waals surface area contributed by atoms with Crippen LogP contribution in [0, 0.1) is 13.8 Å². The van der Waals surface area contributed by atoms with Crippen LogP contribution in [0.25, 0.3) is 11.1 Å². The lowest BCUT2D eigenvalue weighted by Crippen LogP contribution is -2.21. The molecule has 35 heavy (non-hydrogen) atoms. The van der Waals surface area contributed by atoms with Crippen molar-refractivity contribution in [3.05, 3.63) is 91.1 Å². The lowest BCUT2D eigenvalue weighted by atomic mass is 9.90. The third-order valence-electron chi connectivity index (χ3n) is 9.27. The summed E-state index contributed by atoms with van der Waals surface area (Å²) < 4.78 is 4.59. The van der Waals surface area contributed by atoms with Gasteiger partial charge in [0.2, 0.25) is 0 Å². The number of rotatable bonds is 2. The number of hydrogen-bond donors (Lipinski definition) is 0. The molecule has 0 aromatic heterocycles. The Bertz CT molecular complexity index is 1370. The van der Waals surface area contributed by atoms with Crippen LogP contribution in [0.15, 0.2) is 57.7 Å². The maximum absolute atomic E-state index is 3.90. The van der Waals surface area contributed by atoms with Crippen LogP contribution in [-0.4, -0.2) is 12.1 Å². The van der Waals surface area contributed by atoms with Crippen molar-refractivity contribution in [1.29, 1.82) is 0 Å². The minimum atomic E-state index is 0.319. The van der Waals surface area contributed by atoms with Crippen LogP contribution in [0.3, 0.4) is 0 Å². The fraction of sp³-hybridized carbons (Fsp3) is 0.355. The second-order valence-corrected chi connectivity index (χ2v) is 12.4. The molecule has 0 fully saturated rings. The molecule has 0 spiro atoms. The van der Waals surface area contributed by atoms with Crippen molar-refractivity contribution in [2.45, 2.75) is 73.9 Å². The van der Waals surface area contributed by atoms with E-state index in [4.69, 9.17) is 0 Å². The Morgan fingerprint density at radius 2 is 0.943 bits per heavy atom. The molecule has 2 heterocycles. The second-order valence-electron chi connectivity index (χ2n) is 10.9. The van der Waals surface area contributed by atoms with Gasteiger partial charge in [0.05, 0.1) is 55.8 Å². The smallest absolute Gasteiger partial charge is 0.0879 e. The standard InChI is InChI=1S/C31H32Br2N2/c1-14-9-26-24(28-18(5)16(3)20(7)30(28)34(26)32)12-22(14)11-23-13-25-27(10-15(23)2)35(33)31-21(8)17(4)19(6)29(25)31/h9-10,12-13,30-31H,11H2,1-8H3. The largest absolute Gasteiger partial charge is 0.297 e. The van der Waals surface area contributed by atoms with Crippen molar-refractivity contribution in [2.75, 3.05) is 7.85 Å². The fourth-order valence-electron chi connectivity index (χ4n) is 6.64. The van der Waals surface area contributed by atoms with Gasteiger partial charge in [-0.3, -0.25) is 7.85 Å². The third-order valence-corrected chi connectivity index (χ3v) is 10.8. The predicted molar refractivity (Wildman–Crippen MR) is 157 cm³/mol. The van der Waals surface area contributed by atoms with Crippen molar-refractivity contribution >= 4 is 54.8 Å². The quantitative estimate of drug-likeness (QED) is 0.321. The van der Waals surface area contributed by atoms with Gasteiger partial charge in [0, 0.05) is 11.1 Å². The van der Waals surface area contributed by atoms with Crippen LogP contribution in [0.4, 0.5) is 11.4 Å². The molecule has 4 heteroatoms. The Kier molecular flexibility index (Phi) is 5.16. The minimum Gasteiger partial charge on any atom is -0.297 e. The Balaban J connectivity index is 1.43. The van der Waals surface area contributed by atoms with Crippen LogP contribution in [0.2, 0.25) is 0 Å². The Hall–Kier alpha value is -2.04. The van der Waals surface area contributed by atoms with Crippen LogP contribution < -0.4 is 7.85 Å². The third kappa shape index (κ3) is 2.99. The summed E-state index contributed by atoms with van der Waals surface area (Å²) in [4.78, 5) is 0. The normalized spacial score (nSPS) is 22.7. The summed E-state index contributed by atoms with van der Waals surface area (Å²) in [6, 6.07) is 10.3. The maximum Gasteiger partial charge on any atom is 0.0879 e. The fourth-order valence-corrected chi connectivity index (χ4v) is 8.25. The number of halogens is 2. The summed E-state index contributed by atoms with van der Waals surface area (Å²) in [6.45, 7) is 18.2. The Morgan fingerprint density at radius 1 is 0.571 bits per heavy atom. The van der Waals surface area contributed by atoms with E-state index >= 15 is 0 Å². The number of nitrogens with zero attached hydrogens (tertiary/aromatic N) is 2. The maximum atomic E-state index is 3.90. The Labute approximate surface area is 226 Å². The number of benzene rings is 2. The van der Waals surface area contributed by atoms with Crippen LogP contribution in [0.1, 0.15) is 74.9 Å². The van der Waals surface area contributed by atoms with Crippen LogP contribution >= 0.6 is 32.3 Å². The first kappa shape index (κ1) is 23.4. The summed E-state index contributed by atoms with van der Waals surface area (Å²) in [5.74, 6) is 0. The van der Waals surface area contributed by atoms with Crippen molar-refractivity contribution in [2.24, 2.45) is 0 Å². The molecule has 6 rings (SSSR count). The van der Waals surface area contributed by atoms with Gasteiger partial charge in [-0.25, -0.2) is 0 Å². The average Bonchev–Trinajstić information content (AvgIpc) is 3.42. The number of allylic oxidation sites excluding steroid dienone is 4. The van der Waals surface area contributed by atoms with E-state index in [1.807, 2.05) is 0 Å². The Morgan fingerprint density at radius 3 is 1.31 bits per heavy atom. The zero-order valence-corrected chi connectivity index (χ0v) is 25.0. The highest BCUT2D eigenvalue weighted by Crippen LogP contribution is 2.54. The molecule has 2 unspecified atom stereocenters. The van der Waals surface area contributed by atoms with E-state index in [1.165, 1.54) is 89.3 Å². The lowest BCUT2D eigenvalue weighted by Gasteiger charge is -2.20. The molecule has 2 aliphatic carbocycles. The molecular weight excluding hydrogens is 560 g/mol. The molecule has 0 N–H and O–H groups in total. The summed E-state index contributed by atoms with van der Waals surface area (Å²) >= 11 is 7.81. The van der Waals surface area contributed by atoms with Gasteiger partial charge in [-0.15, -0.1) is 0 Å². The monoisotopic (exact) mass is 590 g/mol. The SMILES string of the molecule is CC1=C(C)C2C(=C1C)c1cc(Cc3cc4c(cc3C)N(Br)C3C(C)=C(C)C(C)=C43)c(C)cc1N2Br. The molecule has 2 atom stereocenters. The van der Waals surface area contributed by atoms with Crippen molar-refractivity contribution in [3.63, 3.8) is 0 Å². The molecule has 180 valence electrons. The van der Waals surface area contributed by atoms with Gasteiger partial charge < -0.3 is 0 Å². The van der Waals surface area contributed by atoms with Gasteiger partial charge in [-0.1, -0.05) is 0 Å². The first-order valence-corrected chi connectivity index (χ1v) is 13.9. The molecular formula is C31H32Br2N2. The highest BCUT2D eigenvalue weighted by molar-refractivity contribution is 9.10.